The van der Waals surface area contributed by atoms with E-state index in [4.69, 9.17) is 0 Å². The molecule has 20 heavy (non-hydrogen) atoms. The summed E-state index contributed by atoms with van der Waals surface area (Å²) in [6.45, 7) is 9.05. The summed E-state index contributed by atoms with van der Waals surface area (Å²) in [6, 6.07) is 8.68. The van der Waals surface area contributed by atoms with Crippen LogP contribution in [0.5, 0.6) is 0 Å². The van der Waals surface area contributed by atoms with Crippen molar-refractivity contribution >= 4 is 15.9 Å². The Bertz CT molecular complexity index is 589. The van der Waals surface area contributed by atoms with Crippen molar-refractivity contribution in [2.45, 2.75) is 40.4 Å². The lowest BCUT2D eigenvalue weighted by atomic mass is 10.1. The molecular formula is C16H22BrN3. The van der Waals surface area contributed by atoms with Gasteiger partial charge in [0.15, 0.2) is 0 Å². The third-order valence-electron chi connectivity index (χ3n) is 3.41. The summed E-state index contributed by atoms with van der Waals surface area (Å²) >= 11 is 3.66. The molecule has 3 nitrogen and oxygen atoms in total. The lowest BCUT2D eigenvalue weighted by Crippen LogP contribution is -2.20. The van der Waals surface area contributed by atoms with Crippen LogP contribution in [0.4, 0.5) is 0 Å². The van der Waals surface area contributed by atoms with Crippen molar-refractivity contribution in [1.29, 1.82) is 0 Å². The van der Waals surface area contributed by atoms with Gasteiger partial charge in [-0.15, -0.1) is 0 Å². The summed E-state index contributed by atoms with van der Waals surface area (Å²) in [5.74, 6) is 0. The molecule has 0 radical (unpaired) electrons. The lowest BCUT2D eigenvalue weighted by molar-refractivity contribution is 0.306. The van der Waals surface area contributed by atoms with Crippen LogP contribution in [0.2, 0.25) is 0 Å². The minimum absolute atomic E-state index is 0.892. The predicted octanol–water partition coefficient (Wildman–Crippen LogP) is 3.91. The Morgan fingerprint density at radius 2 is 2.00 bits per heavy atom. The Balaban J connectivity index is 2.10. The van der Waals surface area contributed by atoms with Crippen LogP contribution in [-0.4, -0.2) is 21.7 Å². The minimum atomic E-state index is 0.892. The van der Waals surface area contributed by atoms with Crippen molar-refractivity contribution in [2.24, 2.45) is 0 Å². The highest BCUT2D eigenvalue weighted by Crippen LogP contribution is 2.22. The molecule has 1 aromatic heterocycles. The second-order valence-corrected chi connectivity index (χ2v) is 6.12. The van der Waals surface area contributed by atoms with Gasteiger partial charge in [0.05, 0.1) is 15.9 Å². The van der Waals surface area contributed by atoms with Gasteiger partial charge in [0, 0.05) is 19.6 Å². The fourth-order valence-electron chi connectivity index (χ4n) is 2.45. The maximum Gasteiger partial charge on any atom is 0.0739 e. The Kier molecular flexibility index (Phi) is 5.00. The molecule has 0 saturated carbocycles. The van der Waals surface area contributed by atoms with Gasteiger partial charge in [0.25, 0.3) is 0 Å². The first-order valence-electron chi connectivity index (χ1n) is 6.97. The summed E-state index contributed by atoms with van der Waals surface area (Å²) in [7, 11) is 2.15. The van der Waals surface area contributed by atoms with E-state index in [1.807, 2.05) is 6.92 Å². The van der Waals surface area contributed by atoms with E-state index in [0.29, 0.717) is 0 Å². The van der Waals surface area contributed by atoms with Crippen molar-refractivity contribution in [3.8, 4) is 0 Å². The van der Waals surface area contributed by atoms with Crippen molar-refractivity contribution in [3.05, 3.63) is 51.3 Å². The van der Waals surface area contributed by atoms with E-state index >= 15 is 0 Å². The molecule has 0 saturated heterocycles. The highest BCUT2D eigenvalue weighted by Gasteiger charge is 2.14. The predicted molar refractivity (Wildman–Crippen MR) is 86.7 cm³/mol. The first-order chi connectivity index (χ1) is 9.51. The van der Waals surface area contributed by atoms with Crippen LogP contribution < -0.4 is 0 Å². The molecule has 1 aromatic carbocycles. The highest BCUT2D eigenvalue weighted by atomic mass is 79.9. The molecule has 0 bridgehead atoms. The molecule has 0 aliphatic carbocycles. The quantitative estimate of drug-likeness (QED) is 0.825. The van der Waals surface area contributed by atoms with Crippen LogP contribution in [-0.2, 0) is 19.6 Å². The van der Waals surface area contributed by atoms with Gasteiger partial charge in [0.2, 0.25) is 0 Å². The van der Waals surface area contributed by atoms with E-state index < -0.39 is 0 Å². The number of rotatable bonds is 5. The molecule has 0 amide bonds. The first-order valence-corrected chi connectivity index (χ1v) is 7.76. The van der Waals surface area contributed by atoms with Gasteiger partial charge in [-0.3, -0.25) is 9.58 Å². The molecule has 0 fully saturated rings. The number of aryl methyl sites for hydroxylation is 3. The molecule has 0 unspecified atom stereocenters. The fraction of sp³-hybridized carbons (Fsp3) is 0.438. The molecular weight excluding hydrogens is 314 g/mol. The molecule has 4 heteroatoms. The Morgan fingerprint density at radius 1 is 1.25 bits per heavy atom. The third kappa shape index (κ3) is 3.49. The summed E-state index contributed by atoms with van der Waals surface area (Å²) in [5.41, 5.74) is 4.97. The largest absolute Gasteiger partial charge is 0.296 e. The van der Waals surface area contributed by atoms with E-state index in [1.165, 1.54) is 16.8 Å². The molecule has 108 valence electrons. The second-order valence-electron chi connectivity index (χ2n) is 5.32. The van der Waals surface area contributed by atoms with Crippen LogP contribution in [0.1, 0.15) is 29.4 Å². The standard InChI is InChI=1S/C16H22BrN3/c1-5-20-15(16(17)13(3)18-20)11-19(4)10-14-8-6-7-12(2)9-14/h6-9H,5,10-11H2,1-4H3. The normalized spacial score (nSPS) is 11.3. The summed E-state index contributed by atoms with van der Waals surface area (Å²) in [4.78, 5) is 2.32. The van der Waals surface area contributed by atoms with Crippen LogP contribution in [0.15, 0.2) is 28.7 Å². The molecule has 2 aromatic rings. The number of benzene rings is 1. The molecule has 0 aliphatic heterocycles. The highest BCUT2D eigenvalue weighted by molar-refractivity contribution is 9.10. The number of hydrogen-bond acceptors (Lipinski definition) is 2. The topological polar surface area (TPSA) is 21.1 Å². The summed E-state index contributed by atoms with van der Waals surface area (Å²) in [5, 5.41) is 4.55. The number of nitrogens with zero attached hydrogens (tertiary/aromatic N) is 3. The third-order valence-corrected chi connectivity index (χ3v) is 4.44. The molecule has 1 heterocycles. The van der Waals surface area contributed by atoms with E-state index in [1.54, 1.807) is 0 Å². The average Bonchev–Trinajstić information content (AvgIpc) is 2.66. The van der Waals surface area contributed by atoms with Gasteiger partial charge in [-0.1, -0.05) is 29.8 Å². The van der Waals surface area contributed by atoms with Crippen molar-refractivity contribution < 1.29 is 0 Å². The Hall–Kier alpha value is -1.13. The van der Waals surface area contributed by atoms with E-state index in [9.17, 15) is 0 Å². The van der Waals surface area contributed by atoms with Gasteiger partial charge < -0.3 is 0 Å². The van der Waals surface area contributed by atoms with Crippen LogP contribution in [0, 0.1) is 13.8 Å². The summed E-state index contributed by atoms with van der Waals surface area (Å²) < 4.78 is 3.21. The average molecular weight is 336 g/mol. The molecule has 0 N–H and O–H groups in total. The van der Waals surface area contributed by atoms with Gasteiger partial charge >= 0.3 is 0 Å². The molecule has 0 atom stereocenters. The van der Waals surface area contributed by atoms with E-state index in [2.05, 4.69) is 75.8 Å². The molecule has 2 rings (SSSR count). The second kappa shape index (κ2) is 6.55. The first kappa shape index (κ1) is 15.3. The van der Waals surface area contributed by atoms with Gasteiger partial charge in [-0.25, -0.2) is 0 Å². The van der Waals surface area contributed by atoms with Crippen molar-refractivity contribution in [2.75, 3.05) is 7.05 Å². The zero-order chi connectivity index (χ0) is 14.7. The smallest absolute Gasteiger partial charge is 0.0739 e. The van der Waals surface area contributed by atoms with E-state index in [0.717, 1.165) is 29.8 Å². The zero-order valence-electron chi connectivity index (χ0n) is 12.7. The monoisotopic (exact) mass is 335 g/mol. The van der Waals surface area contributed by atoms with Gasteiger partial charge in [-0.05, 0) is 49.3 Å². The van der Waals surface area contributed by atoms with Crippen molar-refractivity contribution in [1.82, 2.24) is 14.7 Å². The number of halogens is 1. The summed E-state index contributed by atoms with van der Waals surface area (Å²) in [6.07, 6.45) is 0. The molecule has 0 spiro atoms. The van der Waals surface area contributed by atoms with Crippen LogP contribution >= 0.6 is 15.9 Å². The lowest BCUT2D eigenvalue weighted by Gasteiger charge is -2.18. The van der Waals surface area contributed by atoms with Crippen LogP contribution in [0.3, 0.4) is 0 Å². The number of hydrogen-bond donors (Lipinski definition) is 0. The Morgan fingerprint density at radius 3 is 2.65 bits per heavy atom. The maximum absolute atomic E-state index is 4.55. The van der Waals surface area contributed by atoms with Gasteiger partial charge in [-0.2, -0.15) is 5.10 Å². The fourth-order valence-corrected chi connectivity index (χ4v) is 2.86. The maximum atomic E-state index is 4.55. The zero-order valence-corrected chi connectivity index (χ0v) is 14.2. The van der Waals surface area contributed by atoms with E-state index in [-0.39, 0.29) is 0 Å². The minimum Gasteiger partial charge on any atom is -0.296 e. The van der Waals surface area contributed by atoms with Gasteiger partial charge in [0.1, 0.15) is 0 Å². The molecule has 0 aliphatic rings. The number of aromatic nitrogens is 2. The van der Waals surface area contributed by atoms with Crippen molar-refractivity contribution in [3.63, 3.8) is 0 Å². The van der Waals surface area contributed by atoms with Crippen LogP contribution in [0.25, 0.3) is 0 Å². The SMILES string of the molecule is CCn1nc(C)c(Br)c1CN(C)Cc1cccc(C)c1. The Labute approximate surface area is 129 Å².